The van der Waals surface area contributed by atoms with Crippen molar-refractivity contribution in [1.29, 1.82) is 0 Å². The van der Waals surface area contributed by atoms with Gasteiger partial charge >= 0.3 is 29.6 Å². The van der Waals surface area contributed by atoms with Crippen LogP contribution in [0.4, 0.5) is 0 Å². The molecule has 0 bridgehead atoms. The van der Waals surface area contributed by atoms with Crippen molar-refractivity contribution in [2.24, 2.45) is 11.7 Å². The SMILES string of the molecule is NNC(=O)/C=C\C(=O)NN.[Na+].[OH-]. The van der Waals surface area contributed by atoms with Gasteiger partial charge in [-0.2, -0.15) is 0 Å². The van der Waals surface area contributed by atoms with Crippen molar-refractivity contribution in [3.8, 4) is 0 Å². The summed E-state index contributed by atoms with van der Waals surface area (Å²) in [5.41, 5.74) is 3.60. The largest absolute Gasteiger partial charge is 1.00 e. The van der Waals surface area contributed by atoms with Gasteiger partial charge in [-0.05, 0) is 0 Å². The van der Waals surface area contributed by atoms with Crippen LogP contribution in [-0.4, -0.2) is 17.3 Å². The predicted octanol–water partition coefficient (Wildman–Crippen LogP) is -5.65. The van der Waals surface area contributed by atoms with Crippen molar-refractivity contribution >= 4 is 11.8 Å². The number of hydrogen-bond donors (Lipinski definition) is 4. The Labute approximate surface area is 91.1 Å². The van der Waals surface area contributed by atoms with Crippen molar-refractivity contribution in [3.63, 3.8) is 0 Å². The van der Waals surface area contributed by atoms with Gasteiger partial charge in [0.1, 0.15) is 0 Å². The smallest absolute Gasteiger partial charge is 0.870 e. The molecule has 0 saturated heterocycles. The summed E-state index contributed by atoms with van der Waals surface area (Å²) in [5.74, 6) is 8.24. The Hall–Kier alpha value is -0.440. The second-order valence-corrected chi connectivity index (χ2v) is 1.35. The molecule has 7 nitrogen and oxygen atoms in total. The van der Waals surface area contributed by atoms with Crippen LogP contribution in [0.2, 0.25) is 0 Å². The van der Waals surface area contributed by atoms with Gasteiger partial charge in [0.2, 0.25) is 0 Å². The van der Waals surface area contributed by atoms with Crippen LogP contribution in [0.3, 0.4) is 0 Å². The predicted molar refractivity (Wildman–Crippen MR) is 35.7 cm³/mol. The van der Waals surface area contributed by atoms with Crippen molar-refractivity contribution in [2.75, 3.05) is 0 Å². The molecular formula is C4H9N4NaO3. The Bertz CT molecular complexity index is 154. The first kappa shape index (κ1) is 17.6. The number of rotatable bonds is 2. The number of hydrogen-bond acceptors (Lipinski definition) is 5. The van der Waals surface area contributed by atoms with Crippen LogP contribution >= 0.6 is 0 Å². The molecule has 12 heavy (non-hydrogen) atoms. The maximum Gasteiger partial charge on any atom is 1.00 e. The van der Waals surface area contributed by atoms with E-state index in [1.807, 2.05) is 0 Å². The Morgan fingerprint density at radius 1 is 1.00 bits per heavy atom. The van der Waals surface area contributed by atoms with Crippen LogP contribution in [0.15, 0.2) is 12.2 Å². The van der Waals surface area contributed by atoms with Crippen LogP contribution in [0.5, 0.6) is 0 Å². The molecule has 0 spiro atoms. The van der Waals surface area contributed by atoms with Crippen LogP contribution in [-0.2, 0) is 9.59 Å². The number of carbonyl (C=O) groups is 2. The van der Waals surface area contributed by atoms with Crippen LogP contribution < -0.4 is 52.1 Å². The summed E-state index contributed by atoms with van der Waals surface area (Å²) >= 11 is 0. The zero-order valence-electron chi connectivity index (χ0n) is 6.57. The molecule has 0 aliphatic rings. The number of carbonyl (C=O) groups excluding carboxylic acids is 2. The summed E-state index contributed by atoms with van der Waals surface area (Å²) in [6.45, 7) is 0. The molecule has 8 heteroatoms. The van der Waals surface area contributed by atoms with Gasteiger partial charge in [0, 0.05) is 12.2 Å². The van der Waals surface area contributed by atoms with Gasteiger partial charge in [-0.25, -0.2) is 11.7 Å². The molecular weight excluding hydrogens is 175 g/mol. The first-order valence-corrected chi connectivity index (χ1v) is 2.40. The van der Waals surface area contributed by atoms with E-state index in [4.69, 9.17) is 0 Å². The molecule has 0 rings (SSSR count). The molecule has 0 unspecified atom stereocenters. The van der Waals surface area contributed by atoms with E-state index in [2.05, 4.69) is 11.7 Å². The Morgan fingerprint density at radius 2 is 1.25 bits per heavy atom. The first-order chi connectivity index (χ1) is 4.70. The topological polar surface area (TPSA) is 140 Å². The number of amides is 2. The molecule has 0 atom stereocenters. The van der Waals surface area contributed by atoms with Gasteiger partial charge in [-0.3, -0.25) is 20.4 Å². The third kappa shape index (κ3) is 9.56. The van der Waals surface area contributed by atoms with E-state index >= 15 is 0 Å². The van der Waals surface area contributed by atoms with E-state index in [1.165, 1.54) is 0 Å². The zero-order chi connectivity index (χ0) is 7.98. The van der Waals surface area contributed by atoms with E-state index in [-0.39, 0.29) is 35.0 Å². The zero-order valence-corrected chi connectivity index (χ0v) is 8.57. The summed E-state index contributed by atoms with van der Waals surface area (Å²) in [7, 11) is 0. The summed E-state index contributed by atoms with van der Waals surface area (Å²) in [5, 5.41) is 0. The molecule has 64 valence electrons. The molecule has 0 heterocycles. The van der Waals surface area contributed by atoms with Crippen molar-refractivity contribution in [2.45, 2.75) is 0 Å². The second kappa shape index (κ2) is 10.6. The van der Waals surface area contributed by atoms with Gasteiger partial charge in [0.15, 0.2) is 0 Å². The van der Waals surface area contributed by atoms with Gasteiger partial charge in [0.05, 0.1) is 0 Å². The van der Waals surface area contributed by atoms with Crippen molar-refractivity contribution < 1.29 is 44.6 Å². The third-order valence-electron chi connectivity index (χ3n) is 0.671. The Balaban J connectivity index is -0.000000405. The van der Waals surface area contributed by atoms with E-state index in [0.717, 1.165) is 12.2 Å². The molecule has 0 aliphatic carbocycles. The van der Waals surface area contributed by atoms with E-state index in [1.54, 1.807) is 10.9 Å². The van der Waals surface area contributed by atoms with E-state index in [9.17, 15) is 9.59 Å². The van der Waals surface area contributed by atoms with Gasteiger partial charge in [-0.15, -0.1) is 0 Å². The number of hydrazine groups is 2. The minimum atomic E-state index is -0.566. The molecule has 7 N–H and O–H groups in total. The molecule has 0 aromatic rings. The maximum atomic E-state index is 10.3. The quantitative estimate of drug-likeness (QED) is 0.111. The second-order valence-electron chi connectivity index (χ2n) is 1.35. The average Bonchev–Trinajstić information content (AvgIpc) is 1.99. The fourth-order valence-electron chi connectivity index (χ4n) is 0.248. The molecule has 0 radical (unpaired) electrons. The fourth-order valence-corrected chi connectivity index (χ4v) is 0.248. The summed E-state index contributed by atoms with van der Waals surface area (Å²) in [6.07, 6.45) is 1.92. The van der Waals surface area contributed by atoms with Crippen LogP contribution in [0.1, 0.15) is 0 Å². The normalized spacial score (nSPS) is 7.83. The van der Waals surface area contributed by atoms with E-state index in [0.29, 0.717) is 0 Å². The molecule has 0 saturated carbocycles. The monoisotopic (exact) mass is 184 g/mol. The van der Waals surface area contributed by atoms with Crippen LogP contribution in [0.25, 0.3) is 0 Å². The molecule has 0 aliphatic heterocycles. The summed E-state index contributed by atoms with van der Waals surface area (Å²) < 4.78 is 0. The van der Waals surface area contributed by atoms with Crippen molar-refractivity contribution in [1.82, 2.24) is 10.9 Å². The molecule has 2 amide bonds. The Kier molecular flexibility index (Phi) is 15.5. The average molecular weight is 184 g/mol. The van der Waals surface area contributed by atoms with E-state index < -0.39 is 11.8 Å². The summed E-state index contributed by atoms with van der Waals surface area (Å²) in [6, 6.07) is 0. The summed E-state index contributed by atoms with van der Waals surface area (Å²) in [4.78, 5) is 20.6. The standard InChI is InChI=1S/C4H8N4O2.Na.H2O/c5-7-3(9)1-2-4(10)8-6;;/h1-2H,5-6H2,(H,7,9)(H,8,10);;1H2/q;+1;/p-1/b2-1-;;. The minimum absolute atomic E-state index is 0. The Morgan fingerprint density at radius 3 is 1.42 bits per heavy atom. The third-order valence-corrected chi connectivity index (χ3v) is 0.671. The van der Waals surface area contributed by atoms with Crippen LogP contribution in [0, 0.1) is 0 Å². The van der Waals surface area contributed by atoms with Gasteiger partial charge in [0.25, 0.3) is 11.8 Å². The van der Waals surface area contributed by atoms with Gasteiger partial charge in [-0.1, -0.05) is 0 Å². The fraction of sp³-hybridized carbons (Fsp3) is 0. The van der Waals surface area contributed by atoms with Gasteiger partial charge < -0.3 is 5.48 Å². The number of nitrogens with two attached hydrogens (primary N) is 2. The first-order valence-electron chi connectivity index (χ1n) is 2.40. The maximum absolute atomic E-state index is 10.3. The minimum Gasteiger partial charge on any atom is -0.870 e. The molecule has 0 aromatic heterocycles. The molecule has 0 fully saturated rings. The van der Waals surface area contributed by atoms with Crippen molar-refractivity contribution in [3.05, 3.63) is 12.2 Å². The number of nitrogens with one attached hydrogen (secondary N) is 2. The molecule has 0 aromatic carbocycles.